The number of halogens is 3. The summed E-state index contributed by atoms with van der Waals surface area (Å²) in [5.41, 5.74) is 1.86. The summed E-state index contributed by atoms with van der Waals surface area (Å²) in [5, 5.41) is 0. The number of benzene rings is 2. The lowest BCUT2D eigenvalue weighted by Gasteiger charge is -2.30. The van der Waals surface area contributed by atoms with Crippen LogP contribution in [-0.4, -0.2) is 28.4 Å². The molecule has 9 heteroatoms. The van der Waals surface area contributed by atoms with E-state index in [0.717, 1.165) is 0 Å². The third-order valence-corrected chi connectivity index (χ3v) is 4.75. The number of carbonyl (C=O) groups is 1. The first-order chi connectivity index (χ1) is 13.8. The molecule has 0 atom stereocenters. The van der Waals surface area contributed by atoms with Crippen LogP contribution in [0.1, 0.15) is 12.0 Å². The van der Waals surface area contributed by atoms with Crippen molar-refractivity contribution in [3.63, 3.8) is 0 Å². The SMILES string of the molecule is O=C(Cn1c(=O)cnc2ccccc21)N1CCCc2cc(OC(F)(F)F)ccc21. The molecular formula is C20H16F3N3O3. The molecule has 1 amide bonds. The van der Waals surface area contributed by atoms with Crippen LogP contribution >= 0.6 is 0 Å². The average Bonchev–Trinajstić information content (AvgIpc) is 2.68. The molecule has 0 fully saturated rings. The largest absolute Gasteiger partial charge is 0.573 e. The van der Waals surface area contributed by atoms with E-state index in [2.05, 4.69) is 9.72 Å². The maximum Gasteiger partial charge on any atom is 0.573 e. The molecule has 0 aliphatic carbocycles. The van der Waals surface area contributed by atoms with Gasteiger partial charge in [-0.1, -0.05) is 12.1 Å². The van der Waals surface area contributed by atoms with Crippen molar-refractivity contribution in [1.82, 2.24) is 9.55 Å². The number of carbonyl (C=O) groups excluding carboxylic acids is 1. The summed E-state index contributed by atoms with van der Waals surface area (Å²) in [5.74, 6) is -0.643. The van der Waals surface area contributed by atoms with Gasteiger partial charge < -0.3 is 9.64 Å². The molecule has 2 aromatic carbocycles. The summed E-state index contributed by atoms with van der Waals surface area (Å²) < 4.78 is 42.7. The zero-order valence-electron chi connectivity index (χ0n) is 15.1. The number of nitrogens with zero attached hydrogens (tertiary/aromatic N) is 3. The molecule has 0 bridgehead atoms. The Kier molecular flexibility index (Phi) is 4.73. The number of amides is 1. The van der Waals surface area contributed by atoms with Gasteiger partial charge in [-0.3, -0.25) is 14.2 Å². The molecule has 1 aromatic heterocycles. The lowest BCUT2D eigenvalue weighted by atomic mass is 10.0. The number of alkyl halides is 3. The number of aromatic nitrogens is 2. The topological polar surface area (TPSA) is 64.4 Å². The summed E-state index contributed by atoms with van der Waals surface area (Å²) in [6.45, 7) is 0.227. The monoisotopic (exact) mass is 403 g/mol. The van der Waals surface area contributed by atoms with Gasteiger partial charge in [0, 0.05) is 12.2 Å². The van der Waals surface area contributed by atoms with Crippen molar-refractivity contribution in [3.05, 3.63) is 64.6 Å². The second-order valence-corrected chi connectivity index (χ2v) is 6.66. The van der Waals surface area contributed by atoms with Crippen LogP contribution in [0.2, 0.25) is 0 Å². The van der Waals surface area contributed by atoms with Crippen LogP contribution in [0.25, 0.3) is 11.0 Å². The minimum absolute atomic E-state index is 0.192. The number of rotatable bonds is 3. The predicted octanol–water partition coefficient (Wildman–Crippen LogP) is 3.27. The van der Waals surface area contributed by atoms with Gasteiger partial charge in [0.2, 0.25) is 5.91 Å². The molecule has 3 aromatic rings. The summed E-state index contributed by atoms with van der Waals surface area (Å²) in [7, 11) is 0. The number of anilines is 1. The van der Waals surface area contributed by atoms with Gasteiger partial charge in [0.25, 0.3) is 5.56 Å². The Hall–Kier alpha value is -3.36. The number of aryl methyl sites for hydroxylation is 1. The Morgan fingerprint density at radius 3 is 2.76 bits per heavy atom. The minimum atomic E-state index is -4.78. The predicted molar refractivity (Wildman–Crippen MR) is 99.8 cm³/mol. The lowest BCUT2D eigenvalue weighted by Crippen LogP contribution is -2.39. The second kappa shape index (κ2) is 7.23. The van der Waals surface area contributed by atoms with E-state index in [-0.39, 0.29) is 18.2 Å². The molecule has 2 heterocycles. The average molecular weight is 403 g/mol. The van der Waals surface area contributed by atoms with Crippen molar-refractivity contribution in [3.8, 4) is 5.75 Å². The highest BCUT2D eigenvalue weighted by Gasteiger charge is 2.32. The third kappa shape index (κ3) is 3.94. The minimum Gasteiger partial charge on any atom is -0.406 e. The molecule has 0 spiro atoms. The zero-order valence-corrected chi connectivity index (χ0v) is 15.1. The second-order valence-electron chi connectivity index (χ2n) is 6.66. The van der Waals surface area contributed by atoms with Gasteiger partial charge in [-0.05, 0) is 48.7 Å². The molecule has 150 valence electrons. The van der Waals surface area contributed by atoms with E-state index >= 15 is 0 Å². The summed E-state index contributed by atoms with van der Waals surface area (Å²) in [6, 6.07) is 10.9. The Bertz CT molecular complexity index is 1140. The molecule has 4 rings (SSSR count). The van der Waals surface area contributed by atoms with Gasteiger partial charge in [-0.15, -0.1) is 13.2 Å². The quantitative estimate of drug-likeness (QED) is 0.673. The molecule has 0 N–H and O–H groups in total. The Morgan fingerprint density at radius 2 is 1.97 bits per heavy atom. The van der Waals surface area contributed by atoms with Crippen molar-refractivity contribution in [2.24, 2.45) is 0 Å². The molecule has 0 saturated carbocycles. The Morgan fingerprint density at radius 1 is 1.17 bits per heavy atom. The molecule has 0 saturated heterocycles. The highest BCUT2D eigenvalue weighted by atomic mass is 19.4. The van der Waals surface area contributed by atoms with Crippen LogP contribution in [0.5, 0.6) is 5.75 Å². The first-order valence-corrected chi connectivity index (χ1v) is 8.95. The number of fused-ring (bicyclic) bond motifs is 2. The third-order valence-electron chi connectivity index (χ3n) is 4.75. The first kappa shape index (κ1) is 19.0. The number of hydrogen-bond donors (Lipinski definition) is 0. The highest BCUT2D eigenvalue weighted by molar-refractivity contribution is 5.95. The van der Waals surface area contributed by atoms with E-state index < -0.39 is 11.9 Å². The van der Waals surface area contributed by atoms with Crippen LogP contribution in [0.15, 0.2) is 53.5 Å². The molecule has 0 unspecified atom stereocenters. The number of hydrogen-bond acceptors (Lipinski definition) is 4. The van der Waals surface area contributed by atoms with E-state index in [0.29, 0.717) is 41.7 Å². The van der Waals surface area contributed by atoms with Gasteiger partial charge in [-0.2, -0.15) is 0 Å². The summed E-state index contributed by atoms with van der Waals surface area (Å²) >= 11 is 0. The van der Waals surface area contributed by atoms with Crippen molar-refractivity contribution < 1.29 is 22.7 Å². The summed E-state index contributed by atoms with van der Waals surface area (Å²) in [4.78, 5) is 30.8. The van der Waals surface area contributed by atoms with E-state index in [1.165, 1.54) is 33.9 Å². The van der Waals surface area contributed by atoms with E-state index in [9.17, 15) is 22.8 Å². The zero-order chi connectivity index (χ0) is 20.6. The van der Waals surface area contributed by atoms with Crippen molar-refractivity contribution in [2.45, 2.75) is 25.7 Å². The number of ether oxygens (including phenoxy) is 1. The van der Waals surface area contributed by atoms with Crippen LogP contribution in [0.4, 0.5) is 18.9 Å². The van der Waals surface area contributed by atoms with Crippen LogP contribution < -0.4 is 15.2 Å². The Labute approximate surface area is 163 Å². The maximum absolute atomic E-state index is 13.0. The van der Waals surface area contributed by atoms with E-state index in [4.69, 9.17) is 0 Å². The van der Waals surface area contributed by atoms with Crippen LogP contribution in [0, 0.1) is 0 Å². The van der Waals surface area contributed by atoms with E-state index in [1.54, 1.807) is 24.3 Å². The normalized spacial score (nSPS) is 14.0. The highest BCUT2D eigenvalue weighted by Crippen LogP contribution is 2.33. The van der Waals surface area contributed by atoms with Gasteiger partial charge in [-0.25, -0.2) is 4.98 Å². The van der Waals surface area contributed by atoms with Crippen LogP contribution in [0.3, 0.4) is 0 Å². The molecular weight excluding hydrogens is 387 g/mol. The Balaban J connectivity index is 1.63. The molecule has 1 aliphatic heterocycles. The van der Waals surface area contributed by atoms with Gasteiger partial charge in [0.05, 0.1) is 17.2 Å². The van der Waals surface area contributed by atoms with Crippen molar-refractivity contribution in [2.75, 3.05) is 11.4 Å². The summed E-state index contributed by atoms with van der Waals surface area (Å²) in [6.07, 6.45) is -2.48. The van der Waals surface area contributed by atoms with Gasteiger partial charge in [0.15, 0.2) is 0 Å². The standard InChI is InChI=1S/C20H16F3N3O3/c21-20(22,23)29-14-7-8-16-13(10-14)4-3-9-25(16)19(28)12-26-17-6-2-1-5-15(17)24-11-18(26)27/h1-2,5-8,10-11H,3-4,9,12H2. The fourth-order valence-electron chi connectivity index (χ4n) is 3.53. The molecule has 29 heavy (non-hydrogen) atoms. The van der Waals surface area contributed by atoms with Gasteiger partial charge >= 0.3 is 6.36 Å². The van der Waals surface area contributed by atoms with Crippen molar-refractivity contribution in [1.29, 1.82) is 0 Å². The van der Waals surface area contributed by atoms with Gasteiger partial charge in [0.1, 0.15) is 12.3 Å². The first-order valence-electron chi connectivity index (χ1n) is 8.95. The molecule has 6 nitrogen and oxygen atoms in total. The smallest absolute Gasteiger partial charge is 0.406 e. The molecule has 1 aliphatic rings. The van der Waals surface area contributed by atoms with Crippen LogP contribution in [-0.2, 0) is 17.8 Å². The lowest BCUT2D eigenvalue weighted by molar-refractivity contribution is -0.274. The van der Waals surface area contributed by atoms with E-state index in [1.807, 2.05) is 0 Å². The molecule has 0 radical (unpaired) electrons. The fourth-order valence-corrected chi connectivity index (χ4v) is 3.53. The fraction of sp³-hybridized carbons (Fsp3) is 0.250. The number of para-hydroxylation sites is 2. The maximum atomic E-state index is 13.0. The van der Waals surface area contributed by atoms with Crippen molar-refractivity contribution >= 4 is 22.6 Å².